The van der Waals surface area contributed by atoms with Crippen molar-refractivity contribution in [1.82, 2.24) is 5.32 Å². The molecule has 18 heavy (non-hydrogen) atoms. The number of thiophene rings is 1. The van der Waals surface area contributed by atoms with Crippen LogP contribution in [0.25, 0.3) is 0 Å². The molecule has 1 aromatic rings. The maximum Gasteiger partial charge on any atom is 0.228 e. The molecule has 3 nitrogen and oxygen atoms in total. The normalized spacial score (nSPS) is 19.1. The van der Waals surface area contributed by atoms with Crippen LogP contribution in [0.5, 0.6) is 0 Å². The van der Waals surface area contributed by atoms with Crippen molar-refractivity contribution >= 4 is 34.5 Å². The minimum atomic E-state index is -0.625. The molecule has 5 heteroatoms. The number of carbonyl (C=O) groups excluding carboxylic acids is 1. The van der Waals surface area contributed by atoms with E-state index in [1.54, 1.807) is 11.3 Å². The van der Waals surface area contributed by atoms with Gasteiger partial charge in [-0.1, -0.05) is 12.2 Å². The molecule has 98 valence electrons. The molecule has 1 aliphatic carbocycles. The molecular weight excluding hydrogens is 264 g/mol. The van der Waals surface area contributed by atoms with Crippen LogP contribution in [0.3, 0.4) is 0 Å². The molecule has 1 atom stereocenters. The van der Waals surface area contributed by atoms with Gasteiger partial charge in [-0.2, -0.15) is 0 Å². The summed E-state index contributed by atoms with van der Waals surface area (Å²) in [4.78, 5) is 14.0. The summed E-state index contributed by atoms with van der Waals surface area (Å²) in [7, 11) is 0. The Morgan fingerprint density at radius 2 is 2.33 bits per heavy atom. The quantitative estimate of drug-likeness (QED) is 0.837. The van der Waals surface area contributed by atoms with E-state index in [1.165, 1.54) is 10.4 Å². The maximum atomic E-state index is 12.4. The second-order valence-electron chi connectivity index (χ2n) is 5.22. The number of carbonyl (C=O) groups is 1. The van der Waals surface area contributed by atoms with Crippen molar-refractivity contribution in [1.29, 1.82) is 0 Å². The van der Waals surface area contributed by atoms with Gasteiger partial charge in [0.1, 0.15) is 0 Å². The van der Waals surface area contributed by atoms with Crippen LogP contribution in [0, 0.1) is 0 Å². The first kappa shape index (κ1) is 13.5. The molecule has 3 N–H and O–H groups in total. The molecule has 1 unspecified atom stereocenters. The van der Waals surface area contributed by atoms with Gasteiger partial charge < -0.3 is 11.1 Å². The summed E-state index contributed by atoms with van der Waals surface area (Å²) in [5.74, 6) is -0.0132. The van der Waals surface area contributed by atoms with Gasteiger partial charge in [-0.15, -0.1) is 11.3 Å². The highest BCUT2D eigenvalue weighted by atomic mass is 32.1. The molecule has 0 radical (unpaired) electrons. The largest absolute Gasteiger partial charge is 0.391 e. The molecule has 0 spiro atoms. The van der Waals surface area contributed by atoms with Crippen molar-refractivity contribution in [3.63, 3.8) is 0 Å². The second kappa shape index (κ2) is 4.97. The Kier molecular flexibility index (Phi) is 3.73. The Morgan fingerprint density at radius 3 is 3.00 bits per heavy atom. The van der Waals surface area contributed by atoms with Crippen LogP contribution in [0.2, 0.25) is 0 Å². The van der Waals surface area contributed by atoms with Gasteiger partial charge >= 0.3 is 0 Å². The number of hydrogen-bond acceptors (Lipinski definition) is 3. The first-order valence-corrected chi connectivity index (χ1v) is 7.39. The Morgan fingerprint density at radius 1 is 1.61 bits per heavy atom. The van der Waals surface area contributed by atoms with Gasteiger partial charge in [-0.25, -0.2) is 0 Å². The topological polar surface area (TPSA) is 55.1 Å². The van der Waals surface area contributed by atoms with Crippen LogP contribution in [0.4, 0.5) is 0 Å². The lowest BCUT2D eigenvalue weighted by molar-refractivity contribution is -0.123. The zero-order chi connectivity index (χ0) is 13.3. The Balaban J connectivity index is 2.15. The van der Waals surface area contributed by atoms with Crippen LogP contribution in [0.15, 0.2) is 11.4 Å². The fourth-order valence-corrected chi connectivity index (χ4v) is 3.25. The zero-order valence-corrected chi connectivity index (χ0v) is 12.3. The van der Waals surface area contributed by atoms with Crippen molar-refractivity contribution in [2.45, 2.75) is 44.6 Å². The standard InChI is InChI=1S/C13H18N2OS2/c1-13(2,12(14)17)15-11(16)9-4-3-5-10-8(9)6-7-18-10/h6-7,9H,3-5H2,1-2H3,(H2,14,17)(H,15,16). The number of nitrogens with one attached hydrogen (secondary N) is 1. The third-order valence-corrected chi connectivity index (χ3v) is 4.93. The number of rotatable bonds is 3. The van der Waals surface area contributed by atoms with E-state index in [-0.39, 0.29) is 11.8 Å². The fraction of sp³-hybridized carbons (Fsp3) is 0.538. The van der Waals surface area contributed by atoms with Crippen molar-refractivity contribution in [2.75, 3.05) is 0 Å². The van der Waals surface area contributed by atoms with Gasteiger partial charge in [0, 0.05) is 4.88 Å². The first-order chi connectivity index (χ1) is 8.42. The smallest absolute Gasteiger partial charge is 0.228 e. The number of nitrogens with two attached hydrogens (primary N) is 1. The predicted octanol–water partition coefficient (Wildman–Crippen LogP) is 2.35. The molecule has 0 aromatic carbocycles. The van der Waals surface area contributed by atoms with Crippen LogP contribution >= 0.6 is 23.6 Å². The van der Waals surface area contributed by atoms with E-state index in [0.29, 0.717) is 4.99 Å². The molecular formula is C13H18N2OS2. The van der Waals surface area contributed by atoms with E-state index in [2.05, 4.69) is 16.8 Å². The number of hydrogen-bond donors (Lipinski definition) is 2. The maximum absolute atomic E-state index is 12.4. The van der Waals surface area contributed by atoms with Crippen molar-refractivity contribution in [2.24, 2.45) is 5.73 Å². The van der Waals surface area contributed by atoms with Crippen molar-refractivity contribution < 1.29 is 4.79 Å². The van der Waals surface area contributed by atoms with E-state index < -0.39 is 5.54 Å². The summed E-state index contributed by atoms with van der Waals surface area (Å²) in [5, 5.41) is 5.02. The summed E-state index contributed by atoms with van der Waals surface area (Å²) in [6.07, 6.45) is 3.07. The van der Waals surface area contributed by atoms with Gasteiger partial charge in [0.25, 0.3) is 0 Å². The molecule has 1 aliphatic rings. The van der Waals surface area contributed by atoms with Crippen molar-refractivity contribution in [3.05, 3.63) is 21.9 Å². The van der Waals surface area contributed by atoms with Crippen LogP contribution < -0.4 is 11.1 Å². The molecule has 0 fully saturated rings. The molecule has 1 heterocycles. The van der Waals surface area contributed by atoms with Crippen LogP contribution in [-0.2, 0) is 11.2 Å². The van der Waals surface area contributed by atoms with E-state index in [1.807, 2.05) is 13.8 Å². The highest BCUT2D eigenvalue weighted by Gasteiger charge is 2.31. The number of amides is 1. The van der Waals surface area contributed by atoms with Gasteiger partial charge in [-0.3, -0.25) is 4.79 Å². The summed E-state index contributed by atoms with van der Waals surface area (Å²) in [6, 6.07) is 2.07. The summed E-state index contributed by atoms with van der Waals surface area (Å²) >= 11 is 6.72. The average Bonchev–Trinajstić information content (AvgIpc) is 2.75. The fourth-order valence-electron chi connectivity index (χ4n) is 2.22. The van der Waals surface area contributed by atoms with E-state index >= 15 is 0 Å². The first-order valence-electron chi connectivity index (χ1n) is 6.10. The van der Waals surface area contributed by atoms with E-state index in [9.17, 15) is 4.79 Å². The van der Waals surface area contributed by atoms with Gasteiger partial charge in [-0.05, 0) is 50.1 Å². The second-order valence-corrected chi connectivity index (χ2v) is 6.66. The third-order valence-electron chi connectivity index (χ3n) is 3.42. The van der Waals surface area contributed by atoms with Crippen LogP contribution in [0.1, 0.15) is 43.0 Å². The minimum Gasteiger partial charge on any atom is -0.391 e. The average molecular weight is 282 g/mol. The van der Waals surface area contributed by atoms with Crippen LogP contribution in [-0.4, -0.2) is 16.4 Å². The lowest BCUT2D eigenvalue weighted by atomic mass is 9.86. The highest BCUT2D eigenvalue weighted by molar-refractivity contribution is 7.80. The number of thiocarbonyl (C=S) groups is 1. The van der Waals surface area contributed by atoms with Crippen molar-refractivity contribution in [3.8, 4) is 0 Å². The summed E-state index contributed by atoms with van der Waals surface area (Å²) in [5.41, 5.74) is 6.20. The minimum absolute atomic E-state index is 0.0344. The zero-order valence-electron chi connectivity index (χ0n) is 10.7. The molecule has 1 aromatic heterocycles. The Labute approximate surface area is 117 Å². The van der Waals surface area contributed by atoms with E-state index in [0.717, 1.165) is 19.3 Å². The van der Waals surface area contributed by atoms with Gasteiger partial charge in [0.2, 0.25) is 5.91 Å². The lowest BCUT2D eigenvalue weighted by Crippen LogP contribution is -2.53. The SMILES string of the molecule is CC(C)(NC(=O)C1CCCc2sccc21)C(N)=S. The number of fused-ring (bicyclic) bond motifs is 1. The predicted molar refractivity (Wildman–Crippen MR) is 79.0 cm³/mol. The van der Waals surface area contributed by atoms with Gasteiger partial charge in [0.05, 0.1) is 16.4 Å². The highest BCUT2D eigenvalue weighted by Crippen LogP contribution is 2.35. The monoisotopic (exact) mass is 282 g/mol. The molecule has 2 rings (SSSR count). The summed E-state index contributed by atoms with van der Waals surface area (Å²) in [6.45, 7) is 3.68. The molecule has 0 saturated heterocycles. The Hall–Kier alpha value is -0.940. The molecule has 1 amide bonds. The summed E-state index contributed by atoms with van der Waals surface area (Å²) < 4.78 is 0. The Bertz CT molecular complexity index is 479. The molecule has 0 aliphatic heterocycles. The lowest BCUT2D eigenvalue weighted by Gasteiger charge is -2.29. The van der Waals surface area contributed by atoms with Gasteiger partial charge in [0.15, 0.2) is 0 Å². The molecule has 0 bridgehead atoms. The third kappa shape index (κ3) is 2.57. The number of aryl methyl sites for hydroxylation is 1. The van der Waals surface area contributed by atoms with E-state index in [4.69, 9.17) is 18.0 Å². The molecule has 0 saturated carbocycles.